The Morgan fingerprint density at radius 2 is 1.57 bits per heavy atom. The Kier molecular flexibility index (Phi) is 12.7. The molecule has 0 aromatic heterocycles. The van der Waals surface area contributed by atoms with E-state index in [9.17, 15) is 4.79 Å². The summed E-state index contributed by atoms with van der Waals surface area (Å²) in [6.45, 7) is 6.51. The minimum absolute atomic E-state index is 0.0142. The molecule has 0 radical (unpaired) electrons. The summed E-state index contributed by atoms with van der Waals surface area (Å²) in [5, 5.41) is 3.30. The van der Waals surface area contributed by atoms with E-state index in [-0.39, 0.29) is 11.9 Å². The van der Waals surface area contributed by atoms with Gasteiger partial charge in [-0.25, -0.2) is 0 Å². The minimum atomic E-state index is -0.0142. The van der Waals surface area contributed by atoms with Crippen LogP contribution in [0.15, 0.2) is 0 Å². The maximum atomic E-state index is 10.9. The Bertz CT molecular complexity index is 245. The fourth-order valence-electron chi connectivity index (χ4n) is 2.80. The van der Waals surface area contributed by atoms with Gasteiger partial charge in [0.1, 0.15) is 0 Å². The molecule has 1 aliphatic heterocycles. The molecule has 1 N–H and O–H groups in total. The van der Waals surface area contributed by atoms with Gasteiger partial charge in [-0.15, -0.1) is 0 Å². The van der Waals surface area contributed by atoms with E-state index >= 15 is 0 Å². The number of hydrogen-bond acceptors (Lipinski definition) is 4. The molecule has 0 spiro atoms. The molecule has 4 heteroatoms. The highest BCUT2D eigenvalue weighted by Crippen LogP contribution is 2.24. The lowest BCUT2D eigenvalue weighted by atomic mass is 9.89. The summed E-state index contributed by atoms with van der Waals surface area (Å²) < 4.78 is 4.65. The fourth-order valence-corrected chi connectivity index (χ4v) is 2.80. The van der Waals surface area contributed by atoms with Crippen molar-refractivity contribution in [1.82, 2.24) is 10.2 Å². The van der Waals surface area contributed by atoms with E-state index in [0.29, 0.717) is 0 Å². The van der Waals surface area contributed by atoms with E-state index in [1.807, 2.05) is 13.8 Å². The van der Waals surface area contributed by atoms with Gasteiger partial charge in [0.15, 0.2) is 0 Å². The number of methoxy groups -OCH3 is 1. The molecule has 2 rings (SSSR count). The van der Waals surface area contributed by atoms with Crippen molar-refractivity contribution in [3.05, 3.63) is 0 Å². The van der Waals surface area contributed by atoms with Crippen LogP contribution < -0.4 is 5.32 Å². The first-order chi connectivity index (χ1) is 10.2. The molecule has 1 saturated carbocycles. The number of likely N-dealkylation sites (tertiary alicyclic amines) is 1. The number of hydrogen-bond donors (Lipinski definition) is 1. The third kappa shape index (κ3) is 9.10. The molecule has 2 aliphatic rings. The Hall–Kier alpha value is -0.610. The second-order valence-corrected chi connectivity index (χ2v) is 5.72. The average Bonchev–Trinajstić information content (AvgIpc) is 2.58. The summed E-state index contributed by atoms with van der Waals surface area (Å²) in [5.41, 5.74) is 0. The van der Waals surface area contributed by atoms with Crippen LogP contribution in [0.1, 0.15) is 58.8 Å². The van der Waals surface area contributed by atoms with Gasteiger partial charge in [-0.1, -0.05) is 33.1 Å². The van der Waals surface area contributed by atoms with Gasteiger partial charge >= 0.3 is 5.97 Å². The number of carbonyl (C=O) groups excluding carboxylic acids is 1. The van der Waals surface area contributed by atoms with Crippen LogP contribution in [-0.4, -0.2) is 51.2 Å². The van der Waals surface area contributed by atoms with Crippen molar-refractivity contribution in [2.75, 3.05) is 34.3 Å². The van der Waals surface area contributed by atoms with Crippen LogP contribution in [0.5, 0.6) is 0 Å². The first-order valence-electron chi connectivity index (χ1n) is 8.61. The van der Waals surface area contributed by atoms with Crippen LogP contribution >= 0.6 is 0 Å². The standard InChI is InChI=1S/C8H14O2.C7H16N2.C2H6/c1-10-8(9)7-5-3-2-4-6-7;1-8-7-3-5-9(2)6-4-7;1-2/h7H,2-6H2,1H3;7-8H,3-6H2,1-2H3;1-2H3. The number of rotatable bonds is 2. The Labute approximate surface area is 131 Å². The zero-order valence-electron chi connectivity index (χ0n) is 14.8. The number of carbonyl (C=O) groups is 1. The highest BCUT2D eigenvalue weighted by molar-refractivity contribution is 5.72. The number of ether oxygens (including phenoxy) is 1. The van der Waals surface area contributed by atoms with Gasteiger partial charge < -0.3 is 15.0 Å². The second-order valence-electron chi connectivity index (χ2n) is 5.72. The minimum Gasteiger partial charge on any atom is -0.469 e. The summed E-state index contributed by atoms with van der Waals surface area (Å²) in [5.74, 6) is 0.193. The number of piperidine rings is 1. The normalized spacial score (nSPS) is 20.6. The zero-order valence-corrected chi connectivity index (χ0v) is 14.8. The summed E-state index contributed by atoms with van der Waals surface area (Å²) in [6.07, 6.45) is 8.37. The van der Waals surface area contributed by atoms with Gasteiger partial charge in [0, 0.05) is 6.04 Å². The molecule has 126 valence electrons. The highest BCUT2D eigenvalue weighted by Gasteiger charge is 2.20. The van der Waals surface area contributed by atoms with E-state index in [1.165, 1.54) is 52.3 Å². The van der Waals surface area contributed by atoms with E-state index < -0.39 is 0 Å². The van der Waals surface area contributed by atoms with Crippen molar-refractivity contribution in [1.29, 1.82) is 0 Å². The summed E-state index contributed by atoms with van der Waals surface area (Å²) in [6, 6.07) is 0.779. The Morgan fingerprint density at radius 3 is 2.00 bits per heavy atom. The second kappa shape index (κ2) is 13.1. The van der Waals surface area contributed by atoms with Gasteiger partial charge in [-0.2, -0.15) is 0 Å². The lowest BCUT2D eigenvalue weighted by molar-refractivity contribution is -0.146. The molecule has 1 aliphatic carbocycles. The third-order valence-corrected chi connectivity index (χ3v) is 4.27. The Balaban J connectivity index is 0.000000342. The van der Waals surface area contributed by atoms with Crippen LogP contribution in [0.2, 0.25) is 0 Å². The molecule has 1 heterocycles. The van der Waals surface area contributed by atoms with Gasteiger partial charge in [0.2, 0.25) is 0 Å². The monoisotopic (exact) mass is 300 g/mol. The average molecular weight is 300 g/mol. The molecule has 0 atom stereocenters. The molecular formula is C17H36N2O2. The lowest BCUT2D eigenvalue weighted by Crippen LogP contribution is -2.39. The smallest absolute Gasteiger partial charge is 0.308 e. The van der Waals surface area contributed by atoms with Crippen molar-refractivity contribution in [2.45, 2.75) is 64.8 Å². The van der Waals surface area contributed by atoms with Gasteiger partial charge in [-0.05, 0) is 52.9 Å². The van der Waals surface area contributed by atoms with Crippen LogP contribution in [-0.2, 0) is 9.53 Å². The number of esters is 1. The predicted molar refractivity (Wildman–Crippen MR) is 89.5 cm³/mol. The summed E-state index contributed by atoms with van der Waals surface area (Å²) >= 11 is 0. The first kappa shape index (κ1) is 20.4. The van der Waals surface area contributed by atoms with Crippen LogP contribution in [0, 0.1) is 5.92 Å². The van der Waals surface area contributed by atoms with Crippen molar-refractivity contribution in [2.24, 2.45) is 5.92 Å². The molecule has 2 fully saturated rings. The van der Waals surface area contributed by atoms with E-state index in [2.05, 4.69) is 29.0 Å². The Morgan fingerprint density at radius 1 is 1.05 bits per heavy atom. The zero-order chi connectivity index (χ0) is 16.1. The fraction of sp³-hybridized carbons (Fsp3) is 0.941. The van der Waals surface area contributed by atoms with E-state index in [4.69, 9.17) is 0 Å². The maximum absolute atomic E-state index is 10.9. The van der Waals surface area contributed by atoms with Crippen LogP contribution in [0.4, 0.5) is 0 Å². The van der Waals surface area contributed by atoms with Crippen molar-refractivity contribution in [3.63, 3.8) is 0 Å². The van der Waals surface area contributed by atoms with Crippen LogP contribution in [0.25, 0.3) is 0 Å². The molecule has 0 aromatic rings. The molecule has 0 bridgehead atoms. The van der Waals surface area contributed by atoms with Gasteiger partial charge in [-0.3, -0.25) is 4.79 Å². The lowest BCUT2D eigenvalue weighted by Gasteiger charge is -2.28. The van der Waals surface area contributed by atoms with Crippen molar-refractivity contribution in [3.8, 4) is 0 Å². The topological polar surface area (TPSA) is 41.6 Å². The molecule has 0 aromatic carbocycles. The maximum Gasteiger partial charge on any atom is 0.308 e. The summed E-state index contributed by atoms with van der Waals surface area (Å²) in [4.78, 5) is 13.3. The largest absolute Gasteiger partial charge is 0.469 e. The molecule has 0 amide bonds. The first-order valence-corrected chi connectivity index (χ1v) is 8.61. The highest BCUT2D eigenvalue weighted by atomic mass is 16.5. The number of nitrogens with zero attached hydrogens (tertiary/aromatic N) is 1. The predicted octanol–water partition coefficient (Wildman–Crippen LogP) is 3.07. The van der Waals surface area contributed by atoms with E-state index in [0.717, 1.165) is 18.9 Å². The quantitative estimate of drug-likeness (QED) is 0.796. The molecular weight excluding hydrogens is 264 g/mol. The van der Waals surface area contributed by atoms with Crippen molar-refractivity contribution >= 4 is 5.97 Å². The van der Waals surface area contributed by atoms with Gasteiger partial charge in [0.25, 0.3) is 0 Å². The van der Waals surface area contributed by atoms with Crippen molar-refractivity contribution < 1.29 is 9.53 Å². The number of nitrogens with one attached hydrogen (secondary N) is 1. The SMILES string of the molecule is CC.CNC1CCN(C)CC1.COC(=O)C1CCCCC1. The third-order valence-electron chi connectivity index (χ3n) is 4.27. The molecule has 4 nitrogen and oxygen atoms in total. The molecule has 1 saturated heterocycles. The molecule has 21 heavy (non-hydrogen) atoms. The summed E-state index contributed by atoms with van der Waals surface area (Å²) in [7, 11) is 5.71. The van der Waals surface area contributed by atoms with E-state index in [1.54, 1.807) is 0 Å². The molecule has 0 unspecified atom stereocenters. The van der Waals surface area contributed by atoms with Gasteiger partial charge in [0.05, 0.1) is 13.0 Å². The van der Waals surface area contributed by atoms with Crippen LogP contribution in [0.3, 0.4) is 0 Å².